The first kappa shape index (κ1) is 9.19. The number of aromatic carboxylic acids is 1. The lowest BCUT2D eigenvalue weighted by Crippen LogP contribution is -2.02. The summed E-state index contributed by atoms with van der Waals surface area (Å²) in [6, 6.07) is 0. The van der Waals surface area contributed by atoms with Crippen molar-refractivity contribution in [3.63, 3.8) is 0 Å². The molecule has 1 N–H and O–H groups in total. The number of rotatable bonds is 3. The van der Waals surface area contributed by atoms with Crippen molar-refractivity contribution in [2.75, 3.05) is 0 Å². The van der Waals surface area contributed by atoms with E-state index in [0.717, 1.165) is 11.3 Å². The fraction of sp³-hybridized carbons (Fsp3) is 0.500. The van der Waals surface area contributed by atoms with E-state index in [4.69, 9.17) is 5.11 Å². The van der Waals surface area contributed by atoms with Crippen LogP contribution in [0.4, 0.5) is 0 Å². The summed E-state index contributed by atoms with van der Waals surface area (Å²) in [6.07, 6.45) is 0.947. The molecular weight excluding hydrogens is 174 g/mol. The molecule has 0 saturated heterocycles. The maximum Gasteiger partial charge on any atom is 0.355 e. The van der Waals surface area contributed by atoms with E-state index in [0.29, 0.717) is 5.92 Å². The van der Waals surface area contributed by atoms with E-state index in [1.165, 1.54) is 11.3 Å². The summed E-state index contributed by atoms with van der Waals surface area (Å²) in [4.78, 5) is 15.3. The summed E-state index contributed by atoms with van der Waals surface area (Å²) in [5.41, 5.74) is 1.81. The number of nitrogens with zero attached hydrogens (tertiary/aromatic N) is 1. The maximum atomic E-state index is 10.6. The molecule has 0 radical (unpaired) electrons. The van der Waals surface area contributed by atoms with E-state index in [-0.39, 0.29) is 5.69 Å². The Balaban J connectivity index is 2.98. The predicted molar refractivity (Wildman–Crippen MR) is 47.8 cm³/mol. The summed E-state index contributed by atoms with van der Waals surface area (Å²) < 4.78 is 0. The van der Waals surface area contributed by atoms with Gasteiger partial charge in [-0.2, -0.15) is 0 Å². The zero-order valence-corrected chi connectivity index (χ0v) is 7.89. The highest BCUT2D eigenvalue weighted by Gasteiger charge is 2.17. The highest BCUT2D eigenvalue weighted by Crippen LogP contribution is 2.25. The van der Waals surface area contributed by atoms with Crippen molar-refractivity contribution in [3.05, 3.63) is 16.1 Å². The highest BCUT2D eigenvalue weighted by molar-refractivity contribution is 7.10. The van der Waals surface area contributed by atoms with Crippen molar-refractivity contribution in [2.24, 2.45) is 0 Å². The SMILES string of the molecule is CCC(C)c1scnc1C(=O)O. The van der Waals surface area contributed by atoms with Crippen molar-refractivity contribution >= 4 is 17.3 Å². The first-order valence-corrected chi connectivity index (χ1v) is 4.71. The Hall–Kier alpha value is -0.900. The van der Waals surface area contributed by atoms with Crippen molar-refractivity contribution < 1.29 is 9.90 Å². The topological polar surface area (TPSA) is 50.2 Å². The van der Waals surface area contributed by atoms with Gasteiger partial charge in [0.2, 0.25) is 0 Å². The molecule has 0 fully saturated rings. The summed E-state index contributed by atoms with van der Waals surface area (Å²) in [6.45, 7) is 4.05. The first-order chi connectivity index (χ1) is 5.66. The molecule has 0 saturated carbocycles. The predicted octanol–water partition coefficient (Wildman–Crippen LogP) is 2.35. The lowest BCUT2D eigenvalue weighted by atomic mass is 10.1. The monoisotopic (exact) mass is 185 g/mol. The molecule has 0 spiro atoms. The summed E-state index contributed by atoms with van der Waals surface area (Å²) in [7, 11) is 0. The Morgan fingerprint density at radius 2 is 2.50 bits per heavy atom. The van der Waals surface area contributed by atoms with Gasteiger partial charge in [0.1, 0.15) is 0 Å². The van der Waals surface area contributed by atoms with Crippen molar-refractivity contribution in [3.8, 4) is 0 Å². The van der Waals surface area contributed by atoms with Crippen LogP contribution in [0.25, 0.3) is 0 Å². The third-order valence-electron chi connectivity index (χ3n) is 1.86. The van der Waals surface area contributed by atoms with Crippen molar-refractivity contribution in [1.29, 1.82) is 0 Å². The molecule has 1 aromatic rings. The molecule has 0 aromatic carbocycles. The van der Waals surface area contributed by atoms with Crippen LogP contribution in [0.3, 0.4) is 0 Å². The van der Waals surface area contributed by atoms with Gasteiger partial charge in [0.25, 0.3) is 0 Å². The van der Waals surface area contributed by atoms with Crippen molar-refractivity contribution in [1.82, 2.24) is 4.98 Å². The van der Waals surface area contributed by atoms with Crippen LogP contribution in [-0.2, 0) is 0 Å². The molecule has 0 bridgehead atoms. The Bertz CT molecular complexity index is 282. The van der Waals surface area contributed by atoms with Gasteiger partial charge in [-0.3, -0.25) is 0 Å². The molecule has 66 valence electrons. The minimum atomic E-state index is -0.924. The number of hydrogen-bond acceptors (Lipinski definition) is 3. The second-order valence-electron chi connectivity index (χ2n) is 2.68. The quantitative estimate of drug-likeness (QED) is 0.786. The van der Waals surface area contributed by atoms with Gasteiger partial charge in [0.15, 0.2) is 5.69 Å². The Morgan fingerprint density at radius 1 is 1.83 bits per heavy atom. The molecule has 0 amide bonds. The second-order valence-corrected chi connectivity index (χ2v) is 3.57. The van der Waals surface area contributed by atoms with E-state index < -0.39 is 5.97 Å². The van der Waals surface area contributed by atoms with Crippen LogP contribution in [-0.4, -0.2) is 16.1 Å². The molecule has 12 heavy (non-hydrogen) atoms. The van der Waals surface area contributed by atoms with Gasteiger partial charge in [-0.15, -0.1) is 11.3 Å². The number of aromatic nitrogens is 1. The van der Waals surface area contributed by atoms with Crippen LogP contribution in [0.5, 0.6) is 0 Å². The molecule has 1 atom stereocenters. The van der Waals surface area contributed by atoms with Gasteiger partial charge >= 0.3 is 5.97 Å². The summed E-state index contributed by atoms with van der Waals surface area (Å²) >= 11 is 1.42. The van der Waals surface area contributed by atoms with E-state index in [2.05, 4.69) is 4.98 Å². The smallest absolute Gasteiger partial charge is 0.355 e. The standard InChI is InChI=1S/C8H11NO2S/c1-3-5(2)7-6(8(10)11)9-4-12-7/h4-5H,3H2,1-2H3,(H,10,11). The van der Waals surface area contributed by atoms with Crippen molar-refractivity contribution in [2.45, 2.75) is 26.2 Å². The molecule has 3 nitrogen and oxygen atoms in total. The fourth-order valence-corrected chi connectivity index (χ4v) is 1.87. The lowest BCUT2D eigenvalue weighted by Gasteiger charge is -2.04. The van der Waals surface area contributed by atoms with Gasteiger partial charge < -0.3 is 5.11 Å². The number of thiazole rings is 1. The van der Waals surface area contributed by atoms with E-state index in [1.807, 2.05) is 13.8 Å². The van der Waals surface area contributed by atoms with Crippen LogP contribution < -0.4 is 0 Å². The number of carboxylic acid groups (broad SMARTS) is 1. The zero-order chi connectivity index (χ0) is 9.14. The van der Waals surface area contributed by atoms with Gasteiger partial charge in [0, 0.05) is 4.88 Å². The van der Waals surface area contributed by atoms with Gasteiger partial charge in [-0.1, -0.05) is 13.8 Å². The molecule has 0 aliphatic carbocycles. The highest BCUT2D eigenvalue weighted by atomic mass is 32.1. The third-order valence-corrected chi connectivity index (χ3v) is 2.92. The van der Waals surface area contributed by atoms with Crippen LogP contribution >= 0.6 is 11.3 Å². The first-order valence-electron chi connectivity index (χ1n) is 3.83. The normalized spacial score (nSPS) is 12.8. The maximum absolute atomic E-state index is 10.6. The summed E-state index contributed by atoms with van der Waals surface area (Å²) in [5, 5.41) is 8.74. The number of carbonyl (C=O) groups is 1. The fourth-order valence-electron chi connectivity index (χ4n) is 0.951. The molecule has 0 aliphatic rings. The summed E-state index contributed by atoms with van der Waals surface area (Å²) in [5.74, 6) is -0.629. The molecule has 0 aliphatic heterocycles. The number of carboxylic acids is 1. The average Bonchev–Trinajstić information content (AvgIpc) is 2.50. The number of hydrogen-bond donors (Lipinski definition) is 1. The van der Waals surface area contributed by atoms with Gasteiger partial charge in [0.05, 0.1) is 5.51 Å². The van der Waals surface area contributed by atoms with Crippen LogP contribution in [0.15, 0.2) is 5.51 Å². The van der Waals surface area contributed by atoms with Gasteiger partial charge in [-0.05, 0) is 12.3 Å². The Labute approximate surface area is 75.1 Å². The van der Waals surface area contributed by atoms with E-state index in [9.17, 15) is 4.79 Å². The minimum Gasteiger partial charge on any atom is -0.476 e. The Kier molecular flexibility index (Phi) is 2.81. The van der Waals surface area contributed by atoms with Crippen LogP contribution in [0.1, 0.15) is 41.6 Å². The van der Waals surface area contributed by atoms with E-state index in [1.54, 1.807) is 5.51 Å². The second kappa shape index (κ2) is 3.67. The molecule has 1 unspecified atom stereocenters. The lowest BCUT2D eigenvalue weighted by molar-refractivity contribution is 0.0689. The zero-order valence-electron chi connectivity index (χ0n) is 7.07. The van der Waals surface area contributed by atoms with E-state index >= 15 is 0 Å². The third kappa shape index (κ3) is 1.64. The molecule has 1 rings (SSSR count). The van der Waals surface area contributed by atoms with Crippen LogP contribution in [0, 0.1) is 0 Å². The molecule has 4 heteroatoms. The molecular formula is C8H11NO2S. The Morgan fingerprint density at radius 3 is 3.00 bits per heavy atom. The molecule has 1 heterocycles. The van der Waals surface area contributed by atoms with Crippen LogP contribution in [0.2, 0.25) is 0 Å². The minimum absolute atomic E-state index is 0.217. The largest absolute Gasteiger partial charge is 0.476 e. The van der Waals surface area contributed by atoms with Gasteiger partial charge in [-0.25, -0.2) is 9.78 Å². The molecule has 1 aromatic heterocycles. The average molecular weight is 185 g/mol.